The molecule has 1 aromatic heterocycles. The third-order valence-corrected chi connectivity index (χ3v) is 10.4. The van der Waals surface area contributed by atoms with Crippen LogP contribution in [0, 0.1) is 53.3 Å². The monoisotopic (exact) mass is 396 g/mol. The van der Waals surface area contributed by atoms with Crippen LogP contribution >= 0.6 is 0 Å². The van der Waals surface area contributed by atoms with Gasteiger partial charge in [-0.1, -0.05) is 27.2 Å². The average molecular weight is 397 g/mol. The second-order valence-corrected chi connectivity index (χ2v) is 11.9. The van der Waals surface area contributed by atoms with E-state index in [1.54, 1.807) is 0 Å². The molecule has 1 heterocycles. The molecule has 0 aliphatic heterocycles. The number of carbonyl (C=O) groups is 1. The first-order valence-corrected chi connectivity index (χ1v) is 12.3. The first-order valence-electron chi connectivity index (χ1n) is 12.3. The lowest BCUT2D eigenvalue weighted by Crippen LogP contribution is -2.53. The molecule has 0 spiro atoms. The first-order chi connectivity index (χ1) is 13.8. The van der Waals surface area contributed by atoms with Crippen molar-refractivity contribution in [3.05, 3.63) is 18.0 Å². The van der Waals surface area contributed by atoms with Gasteiger partial charge in [0.15, 0.2) is 5.78 Å². The van der Waals surface area contributed by atoms with Crippen molar-refractivity contribution in [1.82, 2.24) is 9.78 Å². The van der Waals surface area contributed by atoms with E-state index in [0.717, 1.165) is 41.6 Å². The lowest BCUT2D eigenvalue weighted by atomic mass is 9.44. The van der Waals surface area contributed by atoms with Crippen molar-refractivity contribution in [3.8, 4) is 0 Å². The van der Waals surface area contributed by atoms with Crippen LogP contribution in [0.2, 0.25) is 0 Å². The molecule has 4 aliphatic carbocycles. The summed E-state index contributed by atoms with van der Waals surface area (Å²) in [4.78, 5) is 13.3. The third-order valence-electron chi connectivity index (χ3n) is 10.4. The zero-order valence-electron chi connectivity index (χ0n) is 19.0. The summed E-state index contributed by atoms with van der Waals surface area (Å²) in [6.07, 6.45) is 16.1. The number of Topliss-reactive ketones (excluding diaryl/α,β-unsaturated/α-hetero) is 1. The van der Waals surface area contributed by atoms with Crippen molar-refractivity contribution in [2.24, 2.45) is 46.3 Å². The van der Waals surface area contributed by atoms with Gasteiger partial charge in [0.1, 0.15) is 0 Å². The molecular weight excluding hydrogens is 356 g/mol. The highest BCUT2D eigenvalue weighted by Crippen LogP contribution is 2.67. The van der Waals surface area contributed by atoms with E-state index in [2.05, 4.69) is 25.9 Å². The van der Waals surface area contributed by atoms with Crippen LogP contribution in [0.5, 0.6) is 0 Å². The Morgan fingerprint density at radius 1 is 1.07 bits per heavy atom. The molecule has 5 rings (SSSR count). The SMILES string of the molecule is Cc1cnn(CC(=O)C2CCC3C4CCC5CC(C)CCC5(C)C4CCC23C)c1. The topological polar surface area (TPSA) is 34.9 Å². The first kappa shape index (κ1) is 19.8. The van der Waals surface area contributed by atoms with E-state index >= 15 is 0 Å². The minimum absolute atomic E-state index is 0.228. The Labute approximate surface area is 177 Å². The van der Waals surface area contributed by atoms with Gasteiger partial charge in [-0.15, -0.1) is 0 Å². The van der Waals surface area contributed by atoms with Crippen molar-refractivity contribution in [2.45, 2.75) is 92.0 Å². The normalized spacial score (nSPS) is 46.6. The number of ketones is 1. The molecule has 4 fully saturated rings. The predicted octanol–water partition coefficient (Wildman–Crippen LogP) is 6.06. The Morgan fingerprint density at radius 2 is 1.83 bits per heavy atom. The van der Waals surface area contributed by atoms with Crippen LogP contribution in [0.15, 0.2) is 12.4 Å². The Balaban J connectivity index is 1.35. The number of fused-ring (bicyclic) bond motifs is 5. The molecule has 0 radical (unpaired) electrons. The van der Waals surface area contributed by atoms with Crippen LogP contribution in [-0.2, 0) is 11.3 Å². The highest BCUT2D eigenvalue weighted by atomic mass is 16.1. The van der Waals surface area contributed by atoms with Crippen LogP contribution in [0.4, 0.5) is 0 Å². The molecule has 0 amide bonds. The van der Waals surface area contributed by atoms with E-state index in [0.29, 0.717) is 17.7 Å². The Morgan fingerprint density at radius 3 is 2.59 bits per heavy atom. The summed E-state index contributed by atoms with van der Waals surface area (Å²) in [5.74, 6) is 5.11. The Kier molecular flexibility index (Phi) is 4.75. The minimum Gasteiger partial charge on any atom is -0.297 e. The molecule has 0 N–H and O–H groups in total. The number of aromatic nitrogens is 2. The van der Waals surface area contributed by atoms with Crippen LogP contribution in [0.25, 0.3) is 0 Å². The Hall–Kier alpha value is -1.12. The summed E-state index contributed by atoms with van der Waals surface area (Å²) in [7, 11) is 0. The molecule has 3 heteroatoms. The van der Waals surface area contributed by atoms with E-state index in [9.17, 15) is 4.79 Å². The van der Waals surface area contributed by atoms with E-state index in [1.807, 2.05) is 24.0 Å². The van der Waals surface area contributed by atoms with E-state index in [1.165, 1.54) is 51.4 Å². The standard InChI is InChI=1S/C26H40N2O/c1-17-9-11-25(3)19(13-17)5-6-20-21-7-8-23(26(21,4)12-10-22(20)25)24(29)16-28-15-18(2)14-27-28/h14-15,17,19-23H,5-13,16H2,1-4H3. The van der Waals surface area contributed by atoms with Crippen molar-refractivity contribution >= 4 is 5.78 Å². The van der Waals surface area contributed by atoms with Crippen LogP contribution in [0.1, 0.15) is 84.1 Å². The maximum Gasteiger partial charge on any atom is 0.157 e. The number of aryl methyl sites for hydroxylation is 1. The van der Waals surface area contributed by atoms with Crippen molar-refractivity contribution < 1.29 is 4.79 Å². The Bertz CT molecular complexity index is 783. The second kappa shape index (κ2) is 6.95. The molecule has 1 aromatic rings. The fourth-order valence-electron chi connectivity index (χ4n) is 8.82. The molecule has 4 saturated carbocycles. The highest BCUT2D eigenvalue weighted by Gasteiger charge is 2.60. The van der Waals surface area contributed by atoms with Gasteiger partial charge >= 0.3 is 0 Å². The third kappa shape index (κ3) is 3.05. The van der Waals surface area contributed by atoms with Gasteiger partial charge in [-0.2, -0.15) is 5.10 Å². The van der Waals surface area contributed by atoms with Crippen molar-refractivity contribution in [1.29, 1.82) is 0 Å². The summed E-state index contributed by atoms with van der Waals surface area (Å²) in [5.41, 5.74) is 1.94. The molecule has 8 atom stereocenters. The molecule has 8 unspecified atom stereocenters. The molecule has 3 nitrogen and oxygen atoms in total. The average Bonchev–Trinajstić information content (AvgIpc) is 3.24. The maximum atomic E-state index is 13.3. The molecule has 0 saturated heterocycles. The van der Waals surface area contributed by atoms with Gasteiger partial charge < -0.3 is 0 Å². The summed E-state index contributed by atoms with van der Waals surface area (Å²) in [5, 5.41) is 4.38. The predicted molar refractivity (Wildman–Crippen MR) is 116 cm³/mol. The molecule has 29 heavy (non-hydrogen) atoms. The summed E-state index contributed by atoms with van der Waals surface area (Å²) in [6, 6.07) is 0. The lowest BCUT2D eigenvalue weighted by Gasteiger charge is -2.61. The minimum atomic E-state index is 0.228. The van der Waals surface area contributed by atoms with Crippen LogP contribution in [0.3, 0.4) is 0 Å². The number of hydrogen-bond acceptors (Lipinski definition) is 2. The molecule has 160 valence electrons. The van der Waals surface area contributed by atoms with Gasteiger partial charge in [0.2, 0.25) is 0 Å². The number of carbonyl (C=O) groups excluding carboxylic acids is 1. The van der Waals surface area contributed by atoms with Gasteiger partial charge in [-0.05, 0) is 104 Å². The van der Waals surface area contributed by atoms with E-state index < -0.39 is 0 Å². The molecule has 4 aliphatic rings. The highest BCUT2D eigenvalue weighted by molar-refractivity contribution is 5.82. The quantitative estimate of drug-likeness (QED) is 0.623. The second-order valence-electron chi connectivity index (χ2n) is 11.9. The zero-order valence-corrected chi connectivity index (χ0v) is 19.0. The zero-order chi connectivity index (χ0) is 20.4. The largest absolute Gasteiger partial charge is 0.297 e. The van der Waals surface area contributed by atoms with Gasteiger partial charge in [-0.25, -0.2) is 0 Å². The molecule has 0 bridgehead atoms. The molecule has 0 aromatic carbocycles. The number of rotatable bonds is 3. The van der Waals surface area contributed by atoms with E-state index in [-0.39, 0.29) is 11.3 Å². The van der Waals surface area contributed by atoms with E-state index in [4.69, 9.17) is 0 Å². The summed E-state index contributed by atoms with van der Waals surface area (Å²) >= 11 is 0. The summed E-state index contributed by atoms with van der Waals surface area (Å²) < 4.78 is 1.86. The fraction of sp³-hybridized carbons (Fsp3) is 0.846. The fourth-order valence-corrected chi connectivity index (χ4v) is 8.82. The maximum absolute atomic E-state index is 13.3. The van der Waals surface area contributed by atoms with Crippen LogP contribution < -0.4 is 0 Å². The van der Waals surface area contributed by atoms with Gasteiger partial charge in [0.25, 0.3) is 0 Å². The van der Waals surface area contributed by atoms with Gasteiger partial charge in [0, 0.05) is 12.1 Å². The smallest absolute Gasteiger partial charge is 0.157 e. The molecular formula is C26H40N2O. The summed E-state index contributed by atoms with van der Waals surface area (Å²) in [6.45, 7) is 10.1. The van der Waals surface area contributed by atoms with Crippen LogP contribution in [-0.4, -0.2) is 15.6 Å². The number of hydrogen-bond donors (Lipinski definition) is 0. The van der Waals surface area contributed by atoms with Gasteiger partial charge in [-0.3, -0.25) is 9.48 Å². The van der Waals surface area contributed by atoms with Crippen molar-refractivity contribution in [2.75, 3.05) is 0 Å². The number of nitrogens with zero attached hydrogens (tertiary/aromatic N) is 2. The lowest BCUT2D eigenvalue weighted by molar-refractivity contribution is -0.137. The van der Waals surface area contributed by atoms with Gasteiger partial charge in [0.05, 0.1) is 12.7 Å². The van der Waals surface area contributed by atoms with Crippen molar-refractivity contribution in [3.63, 3.8) is 0 Å².